The molecule has 0 fully saturated rings. The molecule has 0 radical (unpaired) electrons. The number of hydrogen-bond acceptors (Lipinski definition) is 2. The SMILES string of the molecule is Cc1c(Cc2ccccc2)[nH]c(=O)[nH]c1=O. The summed E-state index contributed by atoms with van der Waals surface area (Å²) in [6.07, 6.45) is 0.561. The average Bonchev–Trinajstić information content (AvgIpc) is 2.27. The van der Waals surface area contributed by atoms with Crippen LogP contribution in [-0.2, 0) is 6.42 Å². The molecule has 2 rings (SSSR count). The van der Waals surface area contributed by atoms with Crippen LogP contribution in [0.15, 0.2) is 39.9 Å². The van der Waals surface area contributed by atoms with Crippen molar-refractivity contribution in [2.75, 3.05) is 0 Å². The first kappa shape index (κ1) is 10.4. The zero-order valence-electron chi connectivity index (χ0n) is 8.91. The molecule has 2 aromatic rings. The minimum absolute atomic E-state index is 0.324. The lowest BCUT2D eigenvalue weighted by atomic mass is 10.1. The summed E-state index contributed by atoms with van der Waals surface area (Å²) in [5, 5.41) is 0. The smallest absolute Gasteiger partial charge is 0.311 e. The molecule has 82 valence electrons. The number of aromatic amines is 2. The summed E-state index contributed by atoms with van der Waals surface area (Å²) in [5.41, 5.74) is 1.51. The second-order valence-electron chi connectivity index (χ2n) is 3.67. The molecule has 2 N–H and O–H groups in total. The Kier molecular flexibility index (Phi) is 2.72. The fourth-order valence-corrected chi connectivity index (χ4v) is 1.57. The lowest BCUT2D eigenvalue weighted by Gasteiger charge is -2.04. The topological polar surface area (TPSA) is 65.7 Å². The lowest BCUT2D eigenvalue weighted by Crippen LogP contribution is -2.26. The molecule has 0 aliphatic carbocycles. The molecule has 0 amide bonds. The maximum Gasteiger partial charge on any atom is 0.325 e. The molecule has 0 atom stereocenters. The Morgan fingerprint density at radius 3 is 2.44 bits per heavy atom. The van der Waals surface area contributed by atoms with Crippen LogP contribution in [0, 0.1) is 6.92 Å². The highest BCUT2D eigenvalue weighted by Gasteiger charge is 2.04. The van der Waals surface area contributed by atoms with Crippen molar-refractivity contribution in [1.82, 2.24) is 9.97 Å². The zero-order valence-corrected chi connectivity index (χ0v) is 8.91. The van der Waals surface area contributed by atoms with Crippen LogP contribution in [0.2, 0.25) is 0 Å². The number of nitrogens with one attached hydrogen (secondary N) is 2. The van der Waals surface area contributed by atoms with Gasteiger partial charge in [0.1, 0.15) is 0 Å². The van der Waals surface area contributed by atoms with Gasteiger partial charge in [0.25, 0.3) is 5.56 Å². The Balaban J connectivity index is 2.43. The molecule has 16 heavy (non-hydrogen) atoms. The van der Waals surface area contributed by atoms with E-state index < -0.39 is 5.69 Å². The van der Waals surface area contributed by atoms with Crippen molar-refractivity contribution in [3.8, 4) is 0 Å². The molecule has 1 aromatic heterocycles. The van der Waals surface area contributed by atoms with E-state index in [0.29, 0.717) is 17.7 Å². The lowest BCUT2D eigenvalue weighted by molar-refractivity contribution is 0.924. The first-order valence-electron chi connectivity index (χ1n) is 5.03. The maximum absolute atomic E-state index is 11.4. The minimum atomic E-state index is -0.457. The molecule has 0 unspecified atom stereocenters. The monoisotopic (exact) mass is 216 g/mol. The summed E-state index contributed by atoms with van der Waals surface area (Å²) >= 11 is 0. The molecule has 0 aliphatic heterocycles. The van der Waals surface area contributed by atoms with Crippen molar-refractivity contribution in [3.63, 3.8) is 0 Å². The van der Waals surface area contributed by atoms with E-state index in [2.05, 4.69) is 9.97 Å². The largest absolute Gasteiger partial charge is 0.325 e. The number of H-pyrrole nitrogens is 2. The van der Waals surface area contributed by atoms with Gasteiger partial charge in [-0.1, -0.05) is 30.3 Å². The van der Waals surface area contributed by atoms with Crippen LogP contribution in [0.25, 0.3) is 0 Å². The Morgan fingerprint density at radius 1 is 1.06 bits per heavy atom. The molecule has 0 aliphatic rings. The quantitative estimate of drug-likeness (QED) is 0.785. The second kappa shape index (κ2) is 4.18. The van der Waals surface area contributed by atoms with Gasteiger partial charge in [-0.3, -0.25) is 9.78 Å². The number of benzene rings is 1. The molecular formula is C12H12N2O2. The zero-order chi connectivity index (χ0) is 11.5. The highest BCUT2D eigenvalue weighted by Crippen LogP contribution is 2.06. The van der Waals surface area contributed by atoms with Crippen molar-refractivity contribution < 1.29 is 0 Å². The van der Waals surface area contributed by atoms with E-state index in [4.69, 9.17) is 0 Å². The summed E-state index contributed by atoms with van der Waals surface area (Å²) in [4.78, 5) is 27.4. The van der Waals surface area contributed by atoms with Gasteiger partial charge in [0.15, 0.2) is 0 Å². The van der Waals surface area contributed by atoms with E-state index in [1.165, 1.54) is 0 Å². The number of rotatable bonds is 2. The average molecular weight is 216 g/mol. The standard InChI is InChI=1S/C12H12N2O2/c1-8-10(13-12(16)14-11(8)15)7-9-5-3-2-4-6-9/h2-6H,7H2,1H3,(H2,13,14,15,16). The van der Waals surface area contributed by atoms with E-state index in [1.807, 2.05) is 30.3 Å². The van der Waals surface area contributed by atoms with Crippen LogP contribution in [0.4, 0.5) is 0 Å². The van der Waals surface area contributed by atoms with Crippen LogP contribution in [-0.4, -0.2) is 9.97 Å². The third-order valence-corrected chi connectivity index (χ3v) is 2.51. The van der Waals surface area contributed by atoms with Crippen LogP contribution >= 0.6 is 0 Å². The van der Waals surface area contributed by atoms with Crippen LogP contribution in [0.5, 0.6) is 0 Å². The van der Waals surface area contributed by atoms with Gasteiger partial charge in [-0.2, -0.15) is 0 Å². The molecule has 1 aromatic carbocycles. The Hall–Kier alpha value is -2.10. The maximum atomic E-state index is 11.4. The first-order chi connectivity index (χ1) is 7.66. The molecule has 0 spiro atoms. The predicted molar refractivity (Wildman–Crippen MR) is 61.7 cm³/mol. The minimum Gasteiger partial charge on any atom is -0.311 e. The molecular weight excluding hydrogens is 204 g/mol. The van der Waals surface area contributed by atoms with E-state index in [1.54, 1.807) is 6.92 Å². The number of hydrogen-bond donors (Lipinski definition) is 2. The van der Waals surface area contributed by atoms with Crippen LogP contribution in [0.3, 0.4) is 0 Å². The summed E-state index contributed by atoms with van der Waals surface area (Å²) in [6.45, 7) is 1.70. The van der Waals surface area contributed by atoms with Crippen molar-refractivity contribution in [2.45, 2.75) is 13.3 Å². The van der Waals surface area contributed by atoms with E-state index in [0.717, 1.165) is 5.56 Å². The third kappa shape index (κ3) is 2.11. The van der Waals surface area contributed by atoms with Gasteiger partial charge in [0.05, 0.1) is 0 Å². The second-order valence-corrected chi connectivity index (χ2v) is 3.67. The third-order valence-electron chi connectivity index (χ3n) is 2.51. The van der Waals surface area contributed by atoms with Crippen molar-refractivity contribution in [2.24, 2.45) is 0 Å². The van der Waals surface area contributed by atoms with Gasteiger partial charge >= 0.3 is 5.69 Å². The Labute approximate surface area is 92.0 Å². The van der Waals surface area contributed by atoms with Crippen LogP contribution in [0.1, 0.15) is 16.8 Å². The molecule has 0 saturated heterocycles. The summed E-state index contributed by atoms with van der Waals surface area (Å²) in [7, 11) is 0. The highest BCUT2D eigenvalue weighted by molar-refractivity contribution is 5.24. The van der Waals surface area contributed by atoms with Gasteiger partial charge in [0, 0.05) is 17.7 Å². The van der Waals surface area contributed by atoms with Crippen molar-refractivity contribution >= 4 is 0 Å². The van der Waals surface area contributed by atoms with Gasteiger partial charge < -0.3 is 4.98 Å². The molecule has 0 saturated carbocycles. The van der Waals surface area contributed by atoms with E-state index >= 15 is 0 Å². The fourth-order valence-electron chi connectivity index (χ4n) is 1.57. The van der Waals surface area contributed by atoms with Gasteiger partial charge in [0.2, 0.25) is 0 Å². The molecule has 4 nitrogen and oxygen atoms in total. The van der Waals surface area contributed by atoms with Crippen LogP contribution < -0.4 is 11.2 Å². The van der Waals surface area contributed by atoms with Gasteiger partial charge in [-0.15, -0.1) is 0 Å². The van der Waals surface area contributed by atoms with E-state index in [-0.39, 0.29) is 5.56 Å². The Morgan fingerprint density at radius 2 is 1.75 bits per heavy atom. The predicted octanol–water partition coefficient (Wildman–Crippen LogP) is 0.962. The first-order valence-corrected chi connectivity index (χ1v) is 5.03. The van der Waals surface area contributed by atoms with Crippen molar-refractivity contribution in [1.29, 1.82) is 0 Å². The summed E-state index contributed by atoms with van der Waals surface area (Å²) in [5.74, 6) is 0. The van der Waals surface area contributed by atoms with E-state index in [9.17, 15) is 9.59 Å². The van der Waals surface area contributed by atoms with Gasteiger partial charge in [-0.05, 0) is 12.5 Å². The number of aromatic nitrogens is 2. The normalized spacial score (nSPS) is 10.3. The molecule has 1 heterocycles. The summed E-state index contributed by atoms with van der Waals surface area (Å²) in [6, 6.07) is 9.70. The summed E-state index contributed by atoms with van der Waals surface area (Å²) < 4.78 is 0. The molecule has 4 heteroatoms. The van der Waals surface area contributed by atoms with Gasteiger partial charge in [-0.25, -0.2) is 4.79 Å². The fraction of sp³-hybridized carbons (Fsp3) is 0.167. The highest BCUT2D eigenvalue weighted by atomic mass is 16.2. The Bertz CT molecular complexity index is 596. The van der Waals surface area contributed by atoms with Crippen molar-refractivity contribution in [3.05, 3.63) is 68.0 Å². The molecule has 0 bridgehead atoms.